The highest BCUT2D eigenvalue weighted by Gasteiger charge is 2.05. The number of benzene rings is 2. The van der Waals surface area contributed by atoms with Crippen molar-refractivity contribution in [3.05, 3.63) is 69.0 Å². The van der Waals surface area contributed by atoms with Gasteiger partial charge in [0.2, 0.25) is 0 Å². The van der Waals surface area contributed by atoms with E-state index in [1.165, 1.54) is 6.07 Å². The lowest BCUT2D eigenvalue weighted by Crippen LogP contribution is -2.19. The van der Waals surface area contributed by atoms with E-state index in [9.17, 15) is 4.79 Å². The largest absolute Gasteiger partial charge is 0.423 e. The minimum atomic E-state index is -0.368. The second-order valence-electron chi connectivity index (χ2n) is 5.50. The van der Waals surface area contributed by atoms with Crippen molar-refractivity contribution in [2.45, 2.75) is 13.8 Å². The maximum absolute atomic E-state index is 11.5. The van der Waals surface area contributed by atoms with E-state index >= 15 is 0 Å². The van der Waals surface area contributed by atoms with Crippen LogP contribution in [0.25, 0.3) is 11.0 Å². The number of fused-ring (bicyclic) bond motifs is 1. The van der Waals surface area contributed by atoms with Gasteiger partial charge in [0.25, 0.3) is 0 Å². The average Bonchev–Trinajstić information content (AvgIpc) is 2.50. The van der Waals surface area contributed by atoms with Gasteiger partial charge in [0.05, 0.1) is 0 Å². The first-order chi connectivity index (χ1) is 11.4. The number of thiocarbonyl (C=S) groups is 1. The van der Waals surface area contributed by atoms with Gasteiger partial charge in [-0.1, -0.05) is 17.7 Å². The molecule has 1 aromatic heterocycles. The third-order valence-corrected chi connectivity index (χ3v) is 4.25. The Hall–Kier alpha value is -2.37. The molecule has 0 aliphatic heterocycles. The molecule has 0 aliphatic carbocycles. The first-order valence-corrected chi connectivity index (χ1v) is 8.10. The number of anilines is 2. The molecule has 2 N–H and O–H groups in total. The highest BCUT2D eigenvalue weighted by atomic mass is 35.5. The zero-order valence-electron chi connectivity index (χ0n) is 13.1. The summed E-state index contributed by atoms with van der Waals surface area (Å²) in [7, 11) is 0. The van der Waals surface area contributed by atoms with E-state index in [0.717, 1.165) is 27.9 Å². The second kappa shape index (κ2) is 6.63. The van der Waals surface area contributed by atoms with Crippen LogP contribution in [0.1, 0.15) is 11.1 Å². The predicted octanol–water partition coefficient (Wildman–Crippen LogP) is 4.87. The van der Waals surface area contributed by atoms with Crippen LogP contribution >= 0.6 is 23.8 Å². The third-order valence-electron chi connectivity index (χ3n) is 3.64. The van der Waals surface area contributed by atoms with Crippen molar-refractivity contribution in [2.75, 3.05) is 10.6 Å². The van der Waals surface area contributed by atoms with Gasteiger partial charge in [-0.15, -0.1) is 0 Å². The van der Waals surface area contributed by atoms with Crippen molar-refractivity contribution in [3.8, 4) is 0 Å². The van der Waals surface area contributed by atoms with Crippen LogP contribution in [0.4, 0.5) is 11.4 Å². The lowest BCUT2D eigenvalue weighted by atomic mass is 10.1. The van der Waals surface area contributed by atoms with Gasteiger partial charge in [-0.2, -0.15) is 0 Å². The minimum absolute atomic E-state index is 0.368. The lowest BCUT2D eigenvalue weighted by Gasteiger charge is -2.12. The minimum Gasteiger partial charge on any atom is -0.423 e. The molecule has 1 heterocycles. The second-order valence-corrected chi connectivity index (χ2v) is 6.32. The molecule has 2 aromatic carbocycles. The summed E-state index contributed by atoms with van der Waals surface area (Å²) in [5, 5.41) is 8.13. The molecule has 0 atom stereocenters. The Kier molecular flexibility index (Phi) is 4.55. The Morgan fingerprint density at radius 2 is 1.67 bits per heavy atom. The van der Waals surface area contributed by atoms with Gasteiger partial charge in [0.1, 0.15) is 5.58 Å². The smallest absolute Gasteiger partial charge is 0.336 e. The fraction of sp³-hybridized carbons (Fsp3) is 0.111. The maximum atomic E-state index is 11.5. The summed E-state index contributed by atoms with van der Waals surface area (Å²) in [6.45, 7) is 3.81. The monoisotopic (exact) mass is 358 g/mol. The summed E-state index contributed by atoms with van der Waals surface area (Å²) in [5.41, 5.74) is 3.56. The normalized spacial score (nSPS) is 10.6. The van der Waals surface area contributed by atoms with Crippen LogP contribution in [0.15, 0.2) is 51.7 Å². The van der Waals surface area contributed by atoms with Gasteiger partial charge in [0, 0.05) is 33.9 Å². The summed E-state index contributed by atoms with van der Waals surface area (Å²) in [5.74, 6) is 0. The van der Waals surface area contributed by atoms with E-state index in [1.807, 2.05) is 44.2 Å². The third kappa shape index (κ3) is 3.58. The highest BCUT2D eigenvalue weighted by molar-refractivity contribution is 7.80. The van der Waals surface area contributed by atoms with Gasteiger partial charge in [0.15, 0.2) is 5.11 Å². The van der Waals surface area contributed by atoms with E-state index in [4.69, 9.17) is 28.2 Å². The SMILES string of the molecule is Cc1ccc(NC(=S)Nc2ccc3c(C)cc(=O)oc3c2)cc1Cl. The summed E-state index contributed by atoms with van der Waals surface area (Å²) in [6.07, 6.45) is 0. The molecule has 0 amide bonds. The molecule has 3 rings (SSSR count). The van der Waals surface area contributed by atoms with Gasteiger partial charge in [-0.05, 0) is 61.5 Å². The topological polar surface area (TPSA) is 54.3 Å². The van der Waals surface area contributed by atoms with Crippen LogP contribution in [0.5, 0.6) is 0 Å². The number of halogens is 1. The molecule has 6 heteroatoms. The molecule has 0 saturated carbocycles. The van der Waals surface area contributed by atoms with Crippen molar-refractivity contribution in [2.24, 2.45) is 0 Å². The Labute approximate surface area is 149 Å². The number of hydrogen-bond donors (Lipinski definition) is 2. The molecule has 3 aromatic rings. The van der Waals surface area contributed by atoms with E-state index in [0.29, 0.717) is 15.7 Å². The van der Waals surface area contributed by atoms with Gasteiger partial charge < -0.3 is 15.1 Å². The summed E-state index contributed by atoms with van der Waals surface area (Å²) < 4.78 is 5.24. The number of aryl methyl sites for hydroxylation is 2. The maximum Gasteiger partial charge on any atom is 0.336 e. The molecule has 0 saturated heterocycles. The molecule has 0 spiro atoms. The molecule has 0 fully saturated rings. The van der Waals surface area contributed by atoms with E-state index < -0.39 is 0 Å². The molecule has 0 aliphatic rings. The molecular formula is C18H15ClN2O2S. The van der Waals surface area contributed by atoms with Crippen LogP contribution in [0, 0.1) is 13.8 Å². The summed E-state index contributed by atoms with van der Waals surface area (Å²) in [4.78, 5) is 11.5. The number of rotatable bonds is 2. The van der Waals surface area contributed by atoms with Crippen molar-refractivity contribution < 1.29 is 4.42 Å². The zero-order valence-corrected chi connectivity index (χ0v) is 14.7. The average molecular weight is 359 g/mol. The van der Waals surface area contributed by atoms with E-state index in [1.54, 1.807) is 6.07 Å². The Morgan fingerprint density at radius 3 is 2.38 bits per heavy atom. The predicted molar refractivity (Wildman–Crippen MR) is 103 cm³/mol. The van der Waals surface area contributed by atoms with Gasteiger partial charge in [-0.3, -0.25) is 0 Å². The first kappa shape index (κ1) is 16.5. The van der Waals surface area contributed by atoms with Crippen molar-refractivity contribution in [1.29, 1.82) is 0 Å². The van der Waals surface area contributed by atoms with Crippen molar-refractivity contribution >= 4 is 51.3 Å². The molecule has 24 heavy (non-hydrogen) atoms. The molecular weight excluding hydrogens is 344 g/mol. The molecule has 0 unspecified atom stereocenters. The fourth-order valence-corrected chi connectivity index (χ4v) is 2.78. The van der Waals surface area contributed by atoms with Gasteiger partial charge >= 0.3 is 5.63 Å². The number of nitrogens with one attached hydrogen (secondary N) is 2. The molecule has 0 bridgehead atoms. The van der Waals surface area contributed by atoms with Crippen LogP contribution in [-0.4, -0.2) is 5.11 Å². The van der Waals surface area contributed by atoms with Crippen LogP contribution in [0.2, 0.25) is 5.02 Å². The van der Waals surface area contributed by atoms with E-state index in [2.05, 4.69) is 10.6 Å². The fourth-order valence-electron chi connectivity index (χ4n) is 2.37. The lowest BCUT2D eigenvalue weighted by molar-refractivity contribution is 0.560. The summed E-state index contributed by atoms with van der Waals surface area (Å²) >= 11 is 11.4. The van der Waals surface area contributed by atoms with Crippen LogP contribution in [-0.2, 0) is 0 Å². The summed E-state index contributed by atoms with van der Waals surface area (Å²) in [6, 6.07) is 12.6. The first-order valence-electron chi connectivity index (χ1n) is 7.31. The quantitative estimate of drug-likeness (QED) is 0.505. The Morgan fingerprint density at radius 1 is 1.00 bits per heavy atom. The standard InChI is InChI=1S/C18H15ClN2O2S/c1-10-3-4-12(8-15(10)19)20-18(24)21-13-5-6-14-11(2)7-17(22)23-16(14)9-13/h3-9H,1-2H3,(H2,20,21,24). The van der Waals surface area contributed by atoms with E-state index in [-0.39, 0.29) is 5.63 Å². The molecule has 122 valence electrons. The Bertz CT molecular complexity index is 998. The number of hydrogen-bond acceptors (Lipinski definition) is 3. The molecule has 4 nitrogen and oxygen atoms in total. The zero-order chi connectivity index (χ0) is 17.3. The van der Waals surface area contributed by atoms with Crippen LogP contribution in [0.3, 0.4) is 0 Å². The highest BCUT2D eigenvalue weighted by Crippen LogP contribution is 2.22. The Balaban J connectivity index is 1.80. The van der Waals surface area contributed by atoms with Crippen molar-refractivity contribution in [1.82, 2.24) is 0 Å². The van der Waals surface area contributed by atoms with Crippen molar-refractivity contribution in [3.63, 3.8) is 0 Å². The molecule has 0 radical (unpaired) electrons. The van der Waals surface area contributed by atoms with Crippen LogP contribution < -0.4 is 16.3 Å². The van der Waals surface area contributed by atoms with Gasteiger partial charge in [-0.25, -0.2) is 4.79 Å².